The van der Waals surface area contributed by atoms with Crippen LogP contribution in [0, 0.1) is 0 Å². The van der Waals surface area contributed by atoms with Gasteiger partial charge in [-0.1, -0.05) is 30.3 Å². The molecule has 2 N–H and O–H groups in total. The largest absolute Gasteiger partial charge is 0.480 e. The number of alkyl carbamates (subject to hydrolysis) is 1. The van der Waals surface area contributed by atoms with Gasteiger partial charge in [0.2, 0.25) is 0 Å². The maximum Gasteiger partial charge on any atom is 0.415 e. The second-order valence-corrected chi connectivity index (χ2v) is 3.23. The molecular weight excluding hydrogens is 226 g/mol. The minimum atomic E-state index is -1.20. The normalized spacial score (nSPS) is 11.3. The molecule has 0 fully saturated rings. The number of hydrogen-bond donors (Lipinski definition) is 2. The lowest BCUT2D eigenvalue weighted by Crippen LogP contribution is -2.42. The number of nitrogens with one attached hydrogen (secondary N) is 1. The van der Waals surface area contributed by atoms with Crippen molar-refractivity contribution in [2.45, 2.75) is 12.5 Å². The Morgan fingerprint density at radius 2 is 2.00 bits per heavy atom. The van der Waals surface area contributed by atoms with E-state index < -0.39 is 18.1 Å². The lowest BCUT2D eigenvalue weighted by molar-refractivity contribution is -0.139. The molecule has 17 heavy (non-hydrogen) atoms. The van der Waals surface area contributed by atoms with Crippen molar-refractivity contribution in [3.63, 3.8) is 0 Å². The Morgan fingerprint density at radius 1 is 1.35 bits per heavy atom. The van der Waals surface area contributed by atoms with E-state index in [0.29, 0.717) is 0 Å². The molecule has 0 unspecified atom stereocenters. The van der Waals surface area contributed by atoms with E-state index in [4.69, 9.17) is 5.11 Å². The van der Waals surface area contributed by atoms with Crippen molar-refractivity contribution in [3.8, 4) is 0 Å². The Labute approximate surface area is 97.2 Å². The van der Waals surface area contributed by atoms with Crippen molar-refractivity contribution < 1.29 is 24.2 Å². The molecule has 0 aliphatic heterocycles. The Balaban J connectivity index is 2.64. The van der Waals surface area contributed by atoms with Crippen LogP contribution in [0.25, 0.3) is 0 Å². The lowest BCUT2D eigenvalue weighted by Gasteiger charge is -2.12. The van der Waals surface area contributed by atoms with Gasteiger partial charge < -0.3 is 15.2 Å². The van der Waals surface area contributed by atoms with Crippen LogP contribution < -0.4 is 5.32 Å². The number of hydrogen-bond acceptors (Lipinski definition) is 4. The molecule has 1 rings (SSSR count). The van der Waals surface area contributed by atoms with E-state index in [9.17, 15) is 14.4 Å². The van der Waals surface area contributed by atoms with E-state index in [1.807, 2.05) is 0 Å². The van der Waals surface area contributed by atoms with Crippen LogP contribution in [-0.2, 0) is 20.7 Å². The summed E-state index contributed by atoms with van der Waals surface area (Å²) in [6, 6.07) is 7.67. The zero-order chi connectivity index (χ0) is 12.7. The van der Waals surface area contributed by atoms with Crippen molar-refractivity contribution in [1.82, 2.24) is 5.32 Å². The van der Waals surface area contributed by atoms with Gasteiger partial charge in [-0.3, -0.25) is 4.79 Å². The molecule has 0 aliphatic rings. The number of carbonyl (C=O) groups excluding carboxylic acids is 2. The van der Waals surface area contributed by atoms with Gasteiger partial charge in [0.25, 0.3) is 0 Å². The third-order valence-electron chi connectivity index (χ3n) is 2.03. The number of ether oxygens (including phenoxy) is 1. The van der Waals surface area contributed by atoms with Crippen LogP contribution >= 0.6 is 0 Å². The Morgan fingerprint density at radius 3 is 2.53 bits per heavy atom. The predicted molar refractivity (Wildman–Crippen MR) is 57.3 cm³/mol. The lowest BCUT2D eigenvalue weighted by atomic mass is 10.1. The molecule has 1 aromatic rings. The van der Waals surface area contributed by atoms with E-state index in [-0.39, 0.29) is 12.9 Å². The fourth-order valence-electron chi connectivity index (χ4n) is 1.27. The van der Waals surface area contributed by atoms with Crippen molar-refractivity contribution in [2.24, 2.45) is 0 Å². The van der Waals surface area contributed by atoms with Gasteiger partial charge in [0, 0.05) is 6.42 Å². The summed E-state index contributed by atoms with van der Waals surface area (Å²) in [6.07, 6.45) is -0.965. The SMILES string of the molecule is O=COC(=O)N[C@@H](Cc1ccccc1)C(=O)O. The van der Waals surface area contributed by atoms with E-state index in [2.05, 4.69) is 10.1 Å². The predicted octanol–water partition coefficient (Wildman–Crippen LogP) is 0.565. The number of amides is 1. The van der Waals surface area contributed by atoms with Crippen molar-refractivity contribution in [2.75, 3.05) is 0 Å². The minimum absolute atomic E-state index is 0.0588. The number of benzene rings is 1. The smallest absolute Gasteiger partial charge is 0.415 e. The number of carboxylic acid groups (broad SMARTS) is 1. The molecule has 1 atom stereocenters. The molecule has 0 spiro atoms. The molecule has 0 saturated carbocycles. The zero-order valence-electron chi connectivity index (χ0n) is 8.83. The van der Waals surface area contributed by atoms with E-state index in [1.165, 1.54) is 0 Å². The standard InChI is InChI=1S/C11H11NO5/c13-7-17-11(16)12-9(10(14)15)6-8-4-2-1-3-5-8/h1-5,7,9H,6H2,(H,12,16)(H,14,15)/t9-/m0/s1. The summed E-state index contributed by atoms with van der Waals surface area (Å²) in [4.78, 5) is 31.7. The van der Waals surface area contributed by atoms with Gasteiger partial charge in [0.15, 0.2) is 0 Å². The molecular formula is C11H11NO5. The molecule has 1 aromatic carbocycles. The van der Waals surface area contributed by atoms with Gasteiger partial charge in [0.1, 0.15) is 6.04 Å². The molecule has 90 valence electrons. The van der Waals surface area contributed by atoms with Crippen molar-refractivity contribution >= 4 is 18.5 Å². The Kier molecular flexibility index (Phi) is 4.68. The summed E-state index contributed by atoms with van der Waals surface area (Å²) in [6.45, 7) is -0.0588. The monoisotopic (exact) mass is 237 g/mol. The third kappa shape index (κ3) is 4.33. The van der Waals surface area contributed by atoms with Gasteiger partial charge in [-0.2, -0.15) is 0 Å². The number of carbonyl (C=O) groups is 3. The zero-order valence-corrected chi connectivity index (χ0v) is 8.83. The fourth-order valence-corrected chi connectivity index (χ4v) is 1.27. The third-order valence-corrected chi connectivity index (χ3v) is 2.03. The van der Waals surface area contributed by atoms with Crippen LogP contribution in [0.4, 0.5) is 4.79 Å². The van der Waals surface area contributed by atoms with E-state index in [1.54, 1.807) is 30.3 Å². The van der Waals surface area contributed by atoms with Crippen LogP contribution in [0.2, 0.25) is 0 Å². The van der Waals surface area contributed by atoms with Crippen LogP contribution in [0.15, 0.2) is 30.3 Å². The van der Waals surface area contributed by atoms with Gasteiger partial charge in [-0.05, 0) is 5.56 Å². The van der Waals surface area contributed by atoms with E-state index in [0.717, 1.165) is 5.56 Å². The molecule has 0 aliphatic carbocycles. The molecule has 0 radical (unpaired) electrons. The molecule has 0 aromatic heterocycles. The van der Waals surface area contributed by atoms with Crippen molar-refractivity contribution in [1.29, 1.82) is 0 Å². The van der Waals surface area contributed by atoms with Crippen LogP contribution in [-0.4, -0.2) is 29.7 Å². The summed E-state index contributed by atoms with van der Waals surface area (Å²) < 4.78 is 3.97. The van der Waals surface area contributed by atoms with E-state index >= 15 is 0 Å². The first-order valence-corrected chi connectivity index (χ1v) is 4.81. The highest BCUT2D eigenvalue weighted by molar-refractivity contribution is 5.82. The molecule has 1 amide bonds. The fraction of sp³-hybridized carbons (Fsp3) is 0.182. The first-order valence-electron chi connectivity index (χ1n) is 4.81. The number of aliphatic carboxylic acids is 1. The first-order chi connectivity index (χ1) is 8.13. The highest BCUT2D eigenvalue weighted by atomic mass is 16.6. The first kappa shape index (κ1) is 12.7. The summed E-state index contributed by atoms with van der Waals surface area (Å²) in [5.74, 6) is -1.20. The average Bonchev–Trinajstić information content (AvgIpc) is 2.29. The van der Waals surface area contributed by atoms with Gasteiger partial charge >= 0.3 is 18.5 Å². The summed E-state index contributed by atoms with van der Waals surface area (Å²) in [7, 11) is 0. The summed E-state index contributed by atoms with van der Waals surface area (Å²) >= 11 is 0. The number of rotatable bonds is 5. The Bertz CT molecular complexity index is 404. The Hall–Kier alpha value is -2.37. The van der Waals surface area contributed by atoms with Crippen LogP contribution in [0.5, 0.6) is 0 Å². The van der Waals surface area contributed by atoms with Gasteiger partial charge in [-0.25, -0.2) is 9.59 Å². The second kappa shape index (κ2) is 6.26. The van der Waals surface area contributed by atoms with Crippen molar-refractivity contribution in [3.05, 3.63) is 35.9 Å². The minimum Gasteiger partial charge on any atom is -0.480 e. The average molecular weight is 237 g/mol. The molecule has 6 nitrogen and oxygen atoms in total. The van der Waals surface area contributed by atoms with Crippen LogP contribution in [0.1, 0.15) is 5.56 Å². The quantitative estimate of drug-likeness (QED) is 0.576. The summed E-state index contributed by atoms with van der Waals surface area (Å²) in [5, 5.41) is 11.0. The topological polar surface area (TPSA) is 92.7 Å². The summed E-state index contributed by atoms with van der Waals surface area (Å²) in [5.41, 5.74) is 0.756. The maximum atomic E-state index is 10.9. The van der Waals surface area contributed by atoms with Gasteiger partial charge in [0.05, 0.1) is 0 Å². The van der Waals surface area contributed by atoms with Crippen LogP contribution in [0.3, 0.4) is 0 Å². The highest BCUT2D eigenvalue weighted by Gasteiger charge is 2.20. The maximum absolute atomic E-state index is 10.9. The van der Waals surface area contributed by atoms with Gasteiger partial charge in [-0.15, -0.1) is 0 Å². The highest BCUT2D eigenvalue weighted by Crippen LogP contribution is 2.03. The molecule has 0 saturated heterocycles. The molecule has 0 heterocycles. The molecule has 6 heteroatoms. The second-order valence-electron chi connectivity index (χ2n) is 3.23. The molecule has 0 bridgehead atoms. The number of carboxylic acids is 1.